The molecule has 2 aromatic carbocycles. The summed E-state index contributed by atoms with van der Waals surface area (Å²) in [6.07, 6.45) is 5.62. The van der Waals surface area contributed by atoms with Crippen LogP contribution in [-0.2, 0) is 20.9 Å². The summed E-state index contributed by atoms with van der Waals surface area (Å²) in [4.78, 5) is 59.9. The number of likely N-dealkylation sites (tertiary alicyclic amines) is 1. The third-order valence-corrected chi connectivity index (χ3v) is 16.2. The Labute approximate surface area is 430 Å². The van der Waals surface area contributed by atoms with Gasteiger partial charge >= 0.3 is 0 Å². The van der Waals surface area contributed by atoms with Crippen LogP contribution in [0.3, 0.4) is 0 Å². The second-order valence-corrected chi connectivity index (χ2v) is 22.5. The van der Waals surface area contributed by atoms with Gasteiger partial charge in [-0.3, -0.25) is 28.6 Å². The molecule has 1 saturated heterocycles. The predicted octanol–water partition coefficient (Wildman–Crippen LogP) is 8.47. The first-order valence-electron chi connectivity index (χ1n) is 24.1. The van der Waals surface area contributed by atoms with Gasteiger partial charge in [0.1, 0.15) is 35.1 Å². The van der Waals surface area contributed by atoms with Crippen LogP contribution in [0.15, 0.2) is 89.8 Å². The first-order valence-corrected chi connectivity index (χ1v) is 26.1. The normalized spacial score (nSPS) is 19.9. The second-order valence-electron chi connectivity index (χ2n) is 20.0. The van der Waals surface area contributed by atoms with Crippen molar-refractivity contribution in [1.82, 2.24) is 50.0 Å². The number of aliphatic hydroxyl groups is 1. The van der Waals surface area contributed by atoms with Crippen molar-refractivity contribution in [2.75, 3.05) is 6.54 Å². The molecule has 1 saturated carbocycles. The largest absolute Gasteiger partial charge is 0.474 e. The van der Waals surface area contributed by atoms with Gasteiger partial charge in [0.15, 0.2) is 5.82 Å². The van der Waals surface area contributed by atoms with Crippen molar-refractivity contribution in [3.05, 3.63) is 134 Å². The molecule has 2 fully saturated rings. The van der Waals surface area contributed by atoms with Crippen molar-refractivity contribution in [3.8, 4) is 32.4 Å². The number of aryl methyl sites for hydroxylation is 3. The van der Waals surface area contributed by atoms with E-state index in [0.717, 1.165) is 66.1 Å². The maximum atomic E-state index is 14.6. The molecule has 0 unspecified atom stereocenters. The SMILES string of the molecule is Cc1ncsc1-c1ccc(CNC(=O)[C@@H]2C[C@@H](O)CN2C(=O)[C@H](n2cc(-c3ccnc(OC4CC(NC(=O)C[C@@H]5N=C(c6ccc(Cl)cc6)c6c(sc(C)c6C)-n6c(C)nnc65)C4)c3)cn2)C(C)(C)C)cc1. The molecule has 3 amide bonds. The molecule has 16 nitrogen and oxygen atoms in total. The number of nitrogens with zero attached hydrogens (tertiary/aromatic N) is 9. The lowest BCUT2D eigenvalue weighted by atomic mass is 9.85. The minimum absolute atomic E-state index is 0.0397. The molecule has 1 aliphatic carbocycles. The Balaban J connectivity index is 0.767. The highest BCUT2D eigenvalue weighted by atomic mass is 35.5. The number of thiazole rings is 1. The zero-order valence-corrected chi connectivity index (χ0v) is 43.5. The number of pyridine rings is 1. The number of fused-ring (bicyclic) bond motifs is 3. The van der Waals surface area contributed by atoms with Gasteiger partial charge in [-0.1, -0.05) is 68.8 Å². The second kappa shape index (κ2) is 19.8. The van der Waals surface area contributed by atoms with E-state index >= 15 is 0 Å². The molecule has 0 radical (unpaired) electrons. The Morgan fingerprint density at radius 1 is 0.931 bits per heavy atom. The third kappa shape index (κ3) is 9.84. The summed E-state index contributed by atoms with van der Waals surface area (Å²) in [6, 6.07) is 17.0. The topological polar surface area (TPSA) is 195 Å². The van der Waals surface area contributed by atoms with Gasteiger partial charge in [-0.25, -0.2) is 9.97 Å². The predicted molar refractivity (Wildman–Crippen MR) is 278 cm³/mol. The molecule has 0 bridgehead atoms. The average molecular weight is 1030 g/mol. The summed E-state index contributed by atoms with van der Waals surface area (Å²) in [7, 11) is 0. The number of ether oxygens (including phenoxy) is 1. The molecule has 0 spiro atoms. The number of aliphatic imine (C=N–C) groups is 1. The molecule has 5 aromatic heterocycles. The van der Waals surface area contributed by atoms with Gasteiger partial charge in [-0.05, 0) is 73.6 Å². The summed E-state index contributed by atoms with van der Waals surface area (Å²) >= 11 is 9.54. The van der Waals surface area contributed by atoms with Crippen LogP contribution in [0.2, 0.25) is 5.02 Å². The maximum absolute atomic E-state index is 14.6. The van der Waals surface area contributed by atoms with Crippen molar-refractivity contribution in [1.29, 1.82) is 0 Å². The number of aromatic nitrogens is 7. The molecular formula is C53H56ClN11O5S2. The molecule has 372 valence electrons. The Morgan fingerprint density at radius 2 is 1.68 bits per heavy atom. The van der Waals surface area contributed by atoms with E-state index in [1.54, 1.807) is 39.7 Å². The number of halogens is 1. The first-order chi connectivity index (χ1) is 34.5. The highest BCUT2D eigenvalue weighted by Crippen LogP contribution is 2.41. The molecule has 2 aliphatic heterocycles. The molecule has 19 heteroatoms. The van der Waals surface area contributed by atoms with Gasteiger partial charge in [0, 0.05) is 83.4 Å². The monoisotopic (exact) mass is 1030 g/mol. The van der Waals surface area contributed by atoms with Gasteiger partial charge < -0.3 is 25.4 Å². The van der Waals surface area contributed by atoms with E-state index in [1.807, 2.05) is 112 Å². The number of rotatable bonds is 13. The fourth-order valence-corrected chi connectivity index (χ4v) is 12.0. The number of hydrogen-bond acceptors (Lipinski definition) is 13. The molecule has 4 atom stereocenters. The van der Waals surface area contributed by atoms with E-state index < -0.39 is 29.6 Å². The zero-order valence-electron chi connectivity index (χ0n) is 41.1. The van der Waals surface area contributed by atoms with Crippen LogP contribution in [0.1, 0.15) is 103 Å². The van der Waals surface area contributed by atoms with E-state index in [2.05, 4.69) is 49.7 Å². The van der Waals surface area contributed by atoms with Crippen LogP contribution in [0.25, 0.3) is 26.6 Å². The lowest BCUT2D eigenvalue weighted by Gasteiger charge is -2.35. The summed E-state index contributed by atoms with van der Waals surface area (Å²) in [5, 5.41) is 32.3. The maximum Gasteiger partial charge on any atom is 0.248 e. The Hall–Kier alpha value is -6.60. The molecule has 3 N–H and O–H groups in total. The third-order valence-electron chi connectivity index (χ3n) is 13.8. The van der Waals surface area contributed by atoms with E-state index in [9.17, 15) is 19.5 Å². The van der Waals surface area contributed by atoms with Gasteiger partial charge in [0.2, 0.25) is 23.6 Å². The number of hydrogen-bond donors (Lipinski definition) is 3. The highest BCUT2D eigenvalue weighted by Gasteiger charge is 2.45. The van der Waals surface area contributed by atoms with Crippen molar-refractivity contribution in [2.24, 2.45) is 10.4 Å². The standard InChI is InChI=1S/C53H56ClN11O5S2/c1-28-30(3)72-52-45(28)46(33-12-14-37(54)15-13-33)60-41(49-62-61-31(4)65(49)52)22-43(67)59-38-19-40(20-38)70-44-18-35(16-17-55-44)36-24-58-64(25-36)48(53(5,6)7)51(69)63-26-39(66)21-42(63)50(68)56-23-32-8-10-34(11-9-32)47-29(2)57-27-71-47/h8-18,24-25,27,38-42,48,66H,19-23,26H2,1-7H3,(H,56,68)(H,59,67)/t38?,39-,40?,41+,42+,48+/m1/s1. The smallest absolute Gasteiger partial charge is 0.248 e. The van der Waals surface area contributed by atoms with Crippen molar-refractivity contribution < 1.29 is 24.2 Å². The Kier molecular flexibility index (Phi) is 13.5. The Bertz CT molecular complexity index is 3200. The van der Waals surface area contributed by atoms with Gasteiger partial charge in [0.25, 0.3) is 0 Å². The number of nitrogens with one attached hydrogen (secondary N) is 2. The fraction of sp³-hybridized carbons (Fsp3) is 0.377. The number of aliphatic hydroxyl groups excluding tert-OH is 1. The highest BCUT2D eigenvalue weighted by molar-refractivity contribution is 7.15. The van der Waals surface area contributed by atoms with Crippen LogP contribution in [0.5, 0.6) is 5.88 Å². The molecule has 7 heterocycles. The molecule has 3 aliphatic rings. The van der Waals surface area contributed by atoms with E-state index in [4.69, 9.17) is 21.3 Å². The van der Waals surface area contributed by atoms with Crippen molar-refractivity contribution in [2.45, 2.75) is 117 Å². The molecule has 10 rings (SSSR count). The van der Waals surface area contributed by atoms with Crippen LogP contribution in [-0.4, -0.2) is 98.8 Å². The fourth-order valence-electron chi connectivity index (χ4n) is 9.83. The van der Waals surface area contributed by atoms with E-state index in [1.165, 1.54) is 9.78 Å². The quantitative estimate of drug-likeness (QED) is 0.101. The number of carbonyl (C=O) groups excluding carboxylic acids is 3. The van der Waals surface area contributed by atoms with Crippen LogP contribution >= 0.6 is 34.3 Å². The minimum atomic E-state index is -0.841. The molecule has 7 aromatic rings. The van der Waals surface area contributed by atoms with Crippen LogP contribution in [0, 0.1) is 33.1 Å². The summed E-state index contributed by atoms with van der Waals surface area (Å²) in [5.41, 5.74) is 9.56. The Morgan fingerprint density at radius 3 is 2.40 bits per heavy atom. The lowest BCUT2D eigenvalue weighted by Crippen LogP contribution is -2.50. The van der Waals surface area contributed by atoms with Crippen LogP contribution < -0.4 is 15.4 Å². The van der Waals surface area contributed by atoms with Crippen LogP contribution in [0.4, 0.5) is 0 Å². The van der Waals surface area contributed by atoms with Gasteiger partial charge in [-0.15, -0.1) is 32.9 Å². The van der Waals surface area contributed by atoms with Gasteiger partial charge in [0.05, 0.1) is 40.5 Å². The first kappa shape index (κ1) is 49.0. The van der Waals surface area contributed by atoms with E-state index in [-0.39, 0.29) is 55.8 Å². The zero-order chi connectivity index (χ0) is 50.6. The average Bonchev–Trinajstić information content (AvgIpc) is 4.18. The van der Waals surface area contributed by atoms with Gasteiger partial charge in [-0.2, -0.15) is 5.10 Å². The van der Waals surface area contributed by atoms with Crippen molar-refractivity contribution in [3.63, 3.8) is 0 Å². The number of benzene rings is 2. The number of carbonyl (C=O) groups is 3. The molecule has 72 heavy (non-hydrogen) atoms. The minimum Gasteiger partial charge on any atom is -0.474 e. The number of thiophene rings is 1. The number of β-amino-alcohol motifs (C(OH)–C–C–N with tert-alkyl or cyclic N) is 1. The summed E-state index contributed by atoms with van der Waals surface area (Å²) < 4.78 is 10.0. The van der Waals surface area contributed by atoms with Crippen molar-refractivity contribution >= 4 is 57.7 Å². The summed E-state index contributed by atoms with van der Waals surface area (Å²) in [6.45, 7) is 14.3. The lowest BCUT2D eigenvalue weighted by molar-refractivity contribution is -0.144. The van der Waals surface area contributed by atoms with E-state index in [0.29, 0.717) is 29.6 Å². The molecular weight excluding hydrogens is 970 g/mol. The summed E-state index contributed by atoms with van der Waals surface area (Å²) in [5.74, 6) is 1.02. The number of amides is 3.